The summed E-state index contributed by atoms with van der Waals surface area (Å²) in [4.78, 5) is 15.2. The Hall–Kier alpha value is -2.66. The maximum atomic E-state index is 13.7. The van der Waals surface area contributed by atoms with Crippen LogP contribution in [0.5, 0.6) is 5.75 Å². The van der Waals surface area contributed by atoms with Gasteiger partial charge in [0.05, 0.1) is 31.8 Å². The van der Waals surface area contributed by atoms with Crippen LogP contribution in [0.25, 0.3) is 0 Å². The monoisotopic (exact) mass is 545 g/mol. The molecule has 2 aromatic rings. The van der Waals surface area contributed by atoms with E-state index in [2.05, 4.69) is 16.3 Å². The number of hydrogen-bond acceptors (Lipinski definition) is 7. The Morgan fingerprint density at radius 3 is 2.50 bits per heavy atom. The van der Waals surface area contributed by atoms with E-state index >= 15 is 0 Å². The van der Waals surface area contributed by atoms with Crippen molar-refractivity contribution in [1.29, 1.82) is 0 Å². The lowest BCUT2D eigenvalue weighted by Gasteiger charge is -2.35. The zero-order chi connectivity index (χ0) is 27.1. The zero-order valence-electron chi connectivity index (χ0n) is 22.6. The number of carbonyl (C=O) groups is 1. The molecule has 0 aromatic heterocycles. The van der Waals surface area contributed by atoms with E-state index in [-0.39, 0.29) is 25.2 Å². The van der Waals surface area contributed by atoms with Crippen molar-refractivity contribution in [3.8, 4) is 5.75 Å². The van der Waals surface area contributed by atoms with Crippen LogP contribution >= 0.6 is 0 Å². The van der Waals surface area contributed by atoms with Crippen LogP contribution in [0.15, 0.2) is 41.3 Å². The summed E-state index contributed by atoms with van der Waals surface area (Å²) in [6.45, 7) is 7.51. The molecule has 10 heteroatoms. The molecule has 2 heterocycles. The molecule has 0 aliphatic carbocycles. The van der Waals surface area contributed by atoms with Crippen molar-refractivity contribution >= 4 is 21.6 Å². The Kier molecular flexibility index (Phi) is 9.64. The smallest absolute Gasteiger partial charge is 0.246 e. The summed E-state index contributed by atoms with van der Waals surface area (Å²) in [7, 11) is -2.16. The van der Waals surface area contributed by atoms with E-state index in [0.717, 1.165) is 37.2 Å². The molecule has 0 radical (unpaired) electrons. The number of benzene rings is 2. The summed E-state index contributed by atoms with van der Waals surface area (Å²) in [5, 5.41) is 2.94. The molecule has 9 nitrogen and oxygen atoms in total. The maximum absolute atomic E-state index is 13.7. The highest BCUT2D eigenvalue weighted by Gasteiger charge is 2.35. The van der Waals surface area contributed by atoms with Gasteiger partial charge < -0.3 is 24.4 Å². The normalized spacial score (nSPS) is 18.8. The quantitative estimate of drug-likeness (QED) is 0.490. The number of rotatable bonds is 10. The third-order valence-corrected chi connectivity index (χ3v) is 9.43. The van der Waals surface area contributed by atoms with Gasteiger partial charge in [-0.1, -0.05) is 24.6 Å². The van der Waals surface area contributed by atoms with Gasteiger partial charge >= 0.3 is 0 Å². The Bertz CT molecular complexity index is 1190. The first kappa shape index (κ1) is 28.4. The van der Waals surface area contributed by atoms with Gasteiger partial charge in [0, 0.05) is 37.9 Å². The number of methoxy groups -OCH3 is 1. The molecule has 1 unspecified atom stereocenters. The minimum absolute atomic E-state index is 0.120. The Morgan fingerprint density at radius 1 is 1.08 bits per heavy atom. The number of para-hydroxylation sites is 1. The van der Waals surface area contributed by atoms with Crippen LogP contribution in [0.2, 0.25) is 0 Å². The molecule has 1 atom stereocenters. The van der Waals surface area contributed by atoms with Crippen molar-refractivity contribution in [3.63, 3.8) is 0 Å². The Labute approximate surface area is 226 Å². The summed E-state index contributed by atoms with van der Waals surface area (Å²) in [6, 6.07) is 11.2. The van der Waals surface area contributed by atoms with Crippen molar-refractivity contribution in [3.05, 3.63) is 53.1 Å². The van der Waals surface area contributed by atoms with Gasteiger partial charge in [-0.3, -0.25) is 4.79 Å². The average molecular weight is 546 g/mol. The summed E-state index contributed by atoms with van der Waals surface area (Å²) in [5.41, 5.74) is 3.45. The highest BCUT2D eigenvalue weighted by atomic mass is 32.2. The van der Waals surface area contributed by atoms with Crippen LogP contribution in [0, 0.1) is 13.8 Å². The highest BCUT2D eigenvalue weighted by Crippen LogP contribution is 2.32. The van der Waals surface area contributed by atoms with Crippen molar-refractivity contribution in [2.75, 3.05) is 58.1 Å². The fourth-order valence-corrected chi connectivity index (χ4v) is 7.41. The summed E-state index contributed by atoms with van der Waals surface area (Å²) >= 11 is 0. The number of amides is 1. The third-order valence-electron chi connectivity index (χ3n) is 7.17. The number of aryl methyl sites for hydroxylation is 2. The standard InChI is InChI=1S/C28H39N3O6S/c1-21-16-25(35-3)17-22(2)28(21)38(33,34)31-11-7-6-9-24(31)19-37-20-27(32)29-18-23-8-4-5-10-26(23)30-12-14-36-15-13-30/h4-5,8,10,16-17,24H,6-7,9,11-15,18-20H2,1-3H3,(H,29,32). The van der Waals surface area contributed by atoms with Crippen LogP contribution < -0.4 is 15.0 Å². The summed E-state index contributed by atoms with van der Waals surface area (Å²) < 4.78 is 45.5. The molecule has 2 aliphatic rings. The first-order valence-corrected chi connectivity index (χ1v) is 14.7. The molecular formula is C28H39N3O6S. The van der Waals surface area contributed by atoms with Crippen molar-refractivity contribution in [1.82, 2.24) is 9.62 Å². The lowest BCUT2D eigenvalue weighted by atomic mass is 10.1. The minimum atomic E-state index is -3.73. The van der Waals surface area contributed by atoms with Crippen LogP contribution in [-0.4, -0.2) is 77.8 Å². The van der Waals surface area contributed by atoms with Gasteiger partial charge in [-0.2, -0.15) is 4.31 Å². The van der Waals surface area contributed by atoms with E-state index in [4.69, 9.17) is 14.2 Å². The fraction of sp³-hybridized carbons (Fsp3) is 0.536. The average Bonchev–Trinajstić information content (AvgIpc) is 2.92. The largest absolute Gasteiger partial charge is 0.497 e. The van der Waals surface area contributed by atoms with Gasteiger partial charge in [0.1, 0.15) is 12.4 Å². The predicted molar refractivity (Wildman–Crippen MR) is 146 cm³/mol. The van der Waals surface area contributed by atoms with Crippen molar-refractivity contribution in [2.24, 2.45) is 0 Å². The van der Waals surface area contributed by atoms with Crippen LogP contribution in [0.4, 0.5) is 5.69 Å². The van der Waals surface area contributed by atoms with E-state index < -0.39 is 10.0 Å². The van der Waals surface area contributed by atoms with Crippen LogP contribution in [0.3, 0.4) is 0 Å². The Morgan fingerprint density at radius 2 is 1.79 bits per heavy atom. The lowest BCUT2D eigenvalue weighted by Crippen LogP contribution is -2.46. The van der Waals surface area contributed by atoms with E-state index in [0.29, 0.717) is 54.5 Å². The fourth-order valence-electron chi connectivity index (χ4n) is 5.32. The minimum Gasteiger partial charge on any atom is -0.497 e. The number of piperidine rings is 1. The van der Waals surface area contributed by atoms with Gasteiger partial charge in [-0.05, 0) is 61.6 Å². The number of carbonyl (C=O) groups excluding carboxylic acids is 1. The second kappa shape index (κ2) is 12.9. The maximum Gasteiger partial charge on any atom is 0.246 e. The molecule has 1 amide bonds. The van der Waals surface area contributed by atoms with Gasteiger partial charge in [-0.15, -0.1) is 0 Å². The summed E-state index contributed by atoms with van der Waals surface area (Å²) in [5.74, 6) is 0.407. The molecular weight excluding hydrogens is 506 g/mol. The number of sulfonamides is 1. The molecule has 2 aliphatic heterocycles. The summed E-state index contributed by atoms with van der Waals surface area (Å²) in [6.07, 6.45) is 2.42. The molecule has 0 saturated carbocycles. The molecule has 0 bridgehead atoms. The first-order chi connectivity index (χ1) is 18.3. The number of hydrogen-bond donors (Lipinski definition) is 1. The first-order valence-electron chi connectivity index (χ1n) is 13.2. The number of anilines is 1. The molecule has 2 saturated heterocycles. The van der Waals surface area contributed by atoms with E-state index in [1.165, 1.54) is 0 Å². The predicted octanol–water partition coefficient (Wildman–Crippen LogP) is 3.02. The van der Waals surface area contributed by atoms with Gasteiger partial charge in [0.25, 0.3) is 0 Å². The van der Waals surface area contributed by atoms with Crippen molar-refractivity contribution < 1.29 is 27.4 Å². The molecule has 208 valence electrons. The third kappa shape index (κ3) is 6.66. The van der Waals surface area contributed by atoms with Gasteiger partial charge in [0.2, 0.25) is 15.9 Å². The van der Waals surface area contributed by atoms with E-state index in [1.54, 1.807) is 37.4 Å². The highest BCUT2D eigenvalue weighted by molar-refractivity contribution is 7.89. The molecule has 2 fully saturated rings. The number of nitrogens with zero attached hydrogens (tertiary/aromatic N) is 2. The number of ether oxygens (including phenoxy) is 3. The second-order valence-corrected chi connectivity index (χ2v) is 11.7. The molecule has 1 N–H and O–H groups in total. The second-order valence-electron chi connectivity index (χ2n) is 9.88. The van der Waals surface area contributed by atoms with Gasteiger partial charge in [-0.25, -0.2) is 8.42 Å². The lowest BCUT2D eigenvalue weighted by molar-refractivity contribution is -0.126. The van der Waals surface area contributed by atoms with Crippen LogP contribution in [-0.2, 0) is 30.8 Å². The number of morpholine rings is 1. The Balaban J connectivity index is 1.34. The van der Waals surface area contributed by atoms with E-state index in [1.807, 2.05) is 18.2 Å². The van der Waals surface area contributed by atoms with Crippen molar-refractivity contribution in [2.45, 2.75) is 50.6 Å². The van der Waals surface area contributed by atoms with Crippen LogP contribution in [0.1, 0.15) is 36.0 Å². The van der Waals surface area contributed by atoms with E-state index in [9.17, 15) is 13.2 Å². The van der Waals surface area contributed by atoms with Gasteiger partial charge in [0.15, 0.2) is 0 Å². The molecule has 2 aromatic carbocycles. The molecule has 0 spiro atoms. The zero-order valence-corrected chi connectivity index (χ0v) is 23.4. The topological polar surface area (TPSA) is 97.4 Å². The SMILES string of the molecule is COc1cc(C)c(S(=O)(=O)N2CCCCC2COCC(=O)NCc2ccccc2N2CCOCC2)c(C)c1. The molecule has 38 heavy (non-hydrogen) atoms. The number of nitrogens with one attached hydrogen (secondary N) is 1. The molecule has 4 rings (SSSR count).